The van der Waals surface area contributed by atoms with E-state index in [0.717, 1.165) is 0 Å². The highest BCUT2D eigenvalue weighted by Gasteiger charge is 2.40. The van der Waals surface area contributed by atoms with E-state index in [1.807, 2.05) is 0 Å². The Morgan fingerprint density at radius 3 is 2.31 bits per heavy atom. The first-order valence-corrected chi connectivity index (χ1v) is 11.6. The number of rotatable bonds is 11. The first kappa shape index (κ1) is 28.4. The number of ketones is 1. The molecule has 1 N–H and O–H groups in total. The van der Waals surface area contributed by atoms with E-state index < -0.39 is 42.6 Å². The molecule has 1 aromatic carbocycles. The minimum Gasteiger partial charge on any atom is -0.466 e. The molecule has 1 atom stereocenters. The van der Waals surface area contributed by atoms with Gasteiger partial charge in [-0.05, 0) is 32.4 Å². The third-order valence-electron chi connectivity index (χ3n) is 4.99. The normalized spacial score (nSPS) is 15.4. The van der Waals surface area contributed by atoms with Crippen LogP contribution in [0.4, 0.5) is 0 Å². The van der Waals surface area contributed by atoms with Crippen molar-refractivity contribution in [2.24, 2.45) is 0 Å². The fourth-order valence-electron chi connectivity index (χ4n) is 3.59. The van der Waals surface area contributed by atoms with Gasteiger partial charge in [-0.25, -0.2) is 9.59 Å². The van der Waals surface area contributed by atoms with E-state index in [1.54, 1.807) is 39.0 Å². The van der Waals surface area contributed by atoms with Crippen LogP contribution in [0.5, 0.6) is 0 Å². The van der Waals surface area contributed by atoms with E-state index in [4.69, 9.17) is 42.1 Å². The summed E-state index contributed by atoms with van der Waals surface area (Å²) in [6.45, 7) is 4.53. The lowest BCUT2D eigenvalue weighted by molar-refractivity contribution is -0.146. The summed E-state index contributed by atoms with van der Waals surface area (Å²) in [5.41, 5.74) is 1.24. The van der Waals surface area contributed by atoms with Gasteiger partial charge >= 0.3 is 17.9 Å². The van der Waals surface area contributed by atoms with Crippen LogP contribution in [0.25, 0.3) is 0 Å². The average Bonchev–Trinajstić information content (AvgIpc) is 2.80. The molecule has 0 radical (unpaired) electrons. The van der Waals surface area contributed by atoms with Crippen molar-refractivity contribution >= 4 is 46.9 Å². The molecule has 1 heterocycles. The number of methoxy groups -OCH3 is 1. The predicted octanol–water partition coefficient (Wildman–Crippen LogP) is 3.48. The zero-order chi connectivity index (χ0) is 26.1. The SMILES string of the molecule is CCOC(=O)CC(=O)COCC1=C(C(=O)OCC)C(c2cccc(Cl)c2Cl)C(C(=O)OC)=C(C)N1. The van der Waals surface area contributed by atoms with Crippen molar-refractivity contribution < 1.29 is 38.1 Å². The number of hydrogen-bond acceptors (Lipinski definition) is 9. The molecule has 0 aliphatic carbocycles. The van der Waals surface area contributed by atoms with Crippen LogP contribution in [-0.2, 0) is 38.1 Å². The summed E-state index contributed by atoms with van der Waals surface area (Å²) < 4.78 is 20.5. The van der Waals surface area contributed by atoms with E-state index in [-0.39, 0.29) is 46.7 Å². The van der Waals surface area contributed by atoms with Gasteiger partial charge in [-0.3, -0.25) is 9.59 Å². The summed E-state index contributed by atoms with van der Waals surface area (Å²) in [6.07, 6.45) is -0.433. The first-order chi connectivity index (χ1) is 16.7. The quantitative estimate of drug-likeness (QED) is 0.262. The molecule has 0 bridgehead atoms. The lowest BCUT2D eigenvalue weighted by Gasteiger charge is -2.31. The molecule has 1 unspecified atom stereocenters. The highest BCUT2D eigenvalue weighted by Crippen LogP contribution is 2.43. The fourth-order valence-corrected chi connectivity index (χ4v) is 4.00. The number of ether oxygens (including phenoxy) is 4. The van der Waals surface area contributed by atoms with Crippen molar-refractivity contribution in [3.8, 4) is 0 Å². The molecule has 0 spiro atoms. The fraction of sp³-hybridized carbons (Fsp3) is 0.417. The number of carbonyl (C=O) groups excluding carboxylic acids is 4. The number of hydrogen-bond donors (Lipinski definition) is 1. The molecule has 11 heteroatoms. The number of benzene rings is 1. The Kier molecular flexibility index (Phi) is 10.8. The number of allylic oxidation sites excluding steroid dienone is 1. The van der Waals surface area contributed by atoms with Gasteiger partial charge in [0.25, 0.3) is 0 Å². The van der Waals surface area contributed by atoms with E-state index in [1.165, 1.54) is 7.11 Å². The van der Waals surface area contributed by atoms with Gasteiger partial charge in [0.2, 0.25) is 0 Å². The number of halogens is 2. The van der Waals surface area contributed by atoms with Crippen LogP contribution in [0.1, 0.15) is 38.7 Å². The summed E-state index contributed by atoms with van der Waals surface area (Å²) in [7, 11) is 1.22. The Bertz CT molecular complexity index is 1060. The summed E-state index contributed by atoms with van der Waals surface area (Å²) in [4.78, 5) is 49.4. The van der Waals surface area contributed by atoms with Gasteiger partial charge in [0, 0.05) is 5.70 Å². The molecule has 2 rings (SSSR count). The van der Waals surface area contributed by atoms with Crippen molar-refractivity contribution in [1.82, 2.24) is 5.32 Å². The Morgan fingerprint density at radius 2 is 1.69 bits per heavy atom. The van der Waals surface area contributed by atoms with Gasteiger partial charge in [-0.2, -0.15) is 0 Å². The van der Waals surface area contributed by atoms with Crippen molar-refractivity contribution in [2.45, 2.75) is 33.1 Å². The van der Waals surface area contributed by atoms with Gasteiger partial charge in [0.05, 0.1) is 59.7 Å². The Hall–Kier alpha value is -2.88. The molecule has 0 fully saturated rings. The van der Waals surface area contributed by atoms with Crippen LogP contribution in [0.15, 0.2) is 40.7 Å². The topological polar surface area (TPSA) is 117 Å². The molecule has 1 aliphatic heterocycles. The molecule has 1 aromatic rings. The van der Waals surface area contributed by atoms with E-state index in [0.29, 0.717) is 11.3 Å². The summed E-state index contributed by atoms with van der Waals surface area (Å²) in [6, 6.07) is 4.86. The Morgan fingerprint density at radius 1 is 1.00 bits per heavy atom. The standard InChI is InChI=1S/C24H27Cl2NO8/c1-5-34-18(29)10-14(28)11-33-12-17-21(24(31)35-6-2)20(15-8-7-9-16(25)22(15)26)19(13(3)27-17)23(30)32-4/h7-9,20,27H,5-6,10-12H2,1-4H3. The molecule has 35 heavy (non-hydrogen) atoms. The summed E-state index contributed by atoms with van der Waals surface area (Å²) in [5, 5.41) is 3.38. The summed E-state index contributed by atoms with van der Waals surface area (Å²) >= 11 is 12.7. The number of carbonyl (C=O) groups is 4. The number of nitrogens with one attached hydrogen (secondary N) is 1. The Balaban J connectivity index is 2.49. The number of dihydropyridines is 1. The minimum atomic E-state index is -0.984. The minimum absolute atomic E-state index is 0.0554. The Labute approximate surface area is 213 Å². The maximum absolute atomic E-state index is 13.1. The van der Waals surface area contributed by atoms with Gasteiger partial charge in [-0.15, -0.1) is 0 Å². The monoisotopic (exact) mass is 527 g/mol. The van der Waals surface area contributed by atoms with Crippen molar-refractivity contribution in [2.75, 3.05) is 33.5 Å². The van der Waals surface area contributed by atoms with E-state index in [2.05, 4.69) is 5.32 Å². The second-order valence-electron chi connectivity index (χ2n) is 7.36. The van der Waals surface area contributed by atoms with Crippen LogP contribution >= 0.6 is 23.2 Å². The second-order valence-corrected chi connectivity index (χ2v) is 8.14. The largest absolute Gasteiger partial charge is 0.466 e. The van der Waals surface area contributed by atoms with Crippen molar-refractivity contribution in [3.63, 3.8) is 0 Å². The molecule has 0 saturated carbocycles. The molecule has 190 valence electrons. The lowest BCUT2D eigenvalue weighted by atomic mass is 9.80. The second kappa shape index (κ2) is 13.3. The van der Waals surface area contributed by atoms with Gasteiger partial charge in [0.15, 0.2) is 5.78 Å². The van der Waals surface area contributed by atoms with E-state index in [9.17, 15) is 19.2 Å². The van der Waals surface area contributed by atoms with Crippen LogP contribution in [-0.4, -0.2) is 57.2 Å². The molecular weight excluding hydrogens is 501 g/mol. The third kappa shape index (κ3) is 7.06. The summed E-state index contributed by atoms with van der Waals surface area (Å²) in [5.74, 6) is -3.52. The van der Waals surface area contributed by atoms with Crippen LogP contribution in [0, 0.1) is 0 Å². The van der Waals surface area contributed by atoms with Gasteiger partial charge in [-0.1, -0.05) is 35.3 Å². The molecule has 0 saturated heterocycles. The molecule has 9 nitrogen and oxygen atoms in total. The third-order valence-corrected chi connectivity index (χ3v) is 5.83. The number of Topliss-reactive ketones (excluding diaryl/α,β-unsaturated/α-hetero) is 1. The first-order valence-electron chi connectivity index (χ1n) is 10.8. The molecule has 0 aromatic heterocycles. The maximum Gasteiger partial charge on any atom is 0.336 e. The zero-order valence-electron chi connectivity index (χ0n) is 19.9. The lowest BCUT2D eigenvalue weighted by Crippen LogP contribution is -2.35. The van der Waals surface area contributed by atoms with E-state index >= 15 is 0 Å². The molecule has 0 amide bonds. The highest BCUT2D eigenvalue weighted by atomic mass is 35.5. The smallest absolute Gasteiger partial charge is 0.336 e. The van der Waals surface area contributed by atoms with Gasteiger partial charge < -0.3 is 24.3 Å². The average molecular weight is 528 g/mol. The molecular formula is C24H27Cl2NO8. The van der Waals surface area contributed by atoms with Crippen LogP contribution < -0.4 is 5.32 Å². The zero-order valence-corrected chi connectivity index (χ0v) is 21.4. The highest BCUT2D eigenvalue weighted by molar-refractivity contribution is 6.42. The predicted molar refractivity (Wildman–Crippen MR) is 128 cm³/mol. The van der Waals surface area contributed by atoms with Crippen molar-refractivity contribution in [1.29, 1.82) is 0 Å². The van der Waals surface area contributed by atoms with Crippen LogP contribution in [0.2, 0.25) is 10.0 Å². The maximum atomic E-state index is 13.1. The number of esters is 3. The van der Waals surface area contributed by atoms with Crippen LogP contribution in [0.3, 0.4) is 0 Å². The van der Waals surface area contributed by atoms with Crippen molar-refractivity contribution in [3.05, 3.63) is 56.3 Å². The van der Waals surface area contributed by atoms with Gasteiger partial charge in [0.1, 0.15) is 13.0 Å². The molecule has 1 aliphatic rings.